The molecule has 4 rings (SSSR count). The van der Waals surface area contributed by atoms with Gasteiger partial charge in [-0.2, -0.15) is 0 Å². The minimum Gasteiger partial charge on any atom is -0.379 e. The normalized spacial score (nSPS) is 18.0. The molecule has 0 aromatic heterocycles. The fourth-order valence-electron chi connectivity index (χ4n) is 4.35. The van der Waals surface area contributed by atoms with Crippen molar-refractivity contribution >= 4 is 11.6 Å². The highest BCUT2D eigenvalue weighted by Crippen LogP contribution is 2.31. The van der Waals surface area contributed by atoms with Gasteiger partial charge in [0.15, 0.2) is 0 Å². The van der Waals surface area contributed by atoms with Gasteiger partial charge in [0.1, 0.15) is 17.2 Å². The Morgan fingerprint density at radius 1 is 1.13 bits per heavy atom. The number of carbonyl (C=O) groups excluding carboxylic acids is 1. The molecule has 0 bridgehead atoms. The molecule has 1 amide bonds. The predicted molar refractivity (Wildman–Crippen MR) is 112 cm³/mol. The van der Waals surface area contributed by atoms with E-state index in [0.29, 0.717) is 13.2 Å². The van der Waals surface area contributed by atoms with Crippen molar-refractivity contribution in [3.63, 3.8) is 0 Å². The zero-order valence-electron chi connectivity index (χ0n) is 17.2. The number of hydrogen-bond acceptors (Lipinski definition) is 4. The third-order valence-corrected chi connectivity index (χ3v) is 5.97. The molecule has 0 spiro atoms. The lowest BCUT2D eigenvalue weighted by atomic mass is 9.95. The number of aryl methyl sites for hydroxylation is 1. The predicted octanol–water partition coefficient (Wildman–Crippen LogP) is 3.15. The fourth-order valence-corrected chi connectivity index (χ4v) is 4.35. The van der Waals surface area contributed by atoms with Gasteiger partial charge in [-0.05, 0) is 42.2 Å². The highest BCUT2D eigenvalue weighted by Gasteiger charge is 2.26. The number of carbonyl (C=O) groups is 1. The van der Waals surface area contributed by atoms with E-state index in [0.717, 1.165) is 50.2 Å². The van der Waals surface area contributed by atoms with Crippen LogP contribution in [0.2, 0.25) is 0 Å². The second-order valence-corrected chi connectivity index (χ2v) is 7.88. The first-order valence-electron chi connectivity index (χ1n) is 10.4. The summed E-state index contributed by atoms with van der Waals surface area (Å²) < 4.78 is 33.5. The Bertz CT molecular complexity index is 895. The Labute approximate surface area is 175 Å². The summed E-state index contributed by atoms with van der Waals surface area (Å²) >= 11 is 0. The van der Waals surface area contributed by atoms with E-state index in [2.05, 4.69) is 40.4 Å². The van der Waals surface area contributed by atoms with E-state index in [1.807, 2.05) is 0 Å². The lowest BCUT2D eigenvalue weighted by molar-refractivity contribution is 0.0162. The molecule has 1 atom stereocenters. The van der Waals surface area contributed by atoms with E-state index in [-0.39, 0.29) is 12.6 Å². The Morgan fingerprint density at radius 2 is 1.87 bits per heavy atom. The standard InChI is InChI=1S/C23H27F2N3O2/c1-27-9-3-4-16-14-17(7-8-20(16)27)21(28-10-12-30-13-11-28)15-26-23(29)22-18(24)5-2-6-19(22)25/h2,5-8,14,21H,3-4,9-13,15H2,1H3,(H,26,29)/t21-/m1/s1. The molecule has 0 saturated carbocycles. The quantitative estimate of drug-likeness (QED) is 0.815. The SMILES string of the molecule is CN1CCCc2cc([C@@H](CNC(=O)c3c(F)cccc3F)N3CCOCC3)ccc21. The maximum absolute atomic E-state index is 14.0. The summed E-state index contributed by atoms with van der Waals surface area (Å²) in [5.41, 5.74) is 3.10. The molecule has 160 valence electrons. The van der Waals surface area contributed by atoms with Crippen LogP contribution in [0.4, 0.5) is 14.5 Å². The molecular formula is C23H27F2N3O2. The number of halogens is 2. The molecule has 7 heteroatoms. The molecule has 1 fully saturated rings. The molecule has 5 nitrogen and oxygen atoms in total. The second kappa shape index (κ2) is 9.10. The lowest BCUT2D eigenvalue weighted by Gasteiger charge is -2.36. The van der Waals surface area contributed by atoms with Crippen LogP contribution in [-0.4, -0.2) is 57.2 Å². The number of hydrogen-bond donors (Lipinski definition) is 1. The van der Waals surface area contributed by atoms with Crippen LogP contribution in [0.15, 0.2) is 36.4 Å². The molecule has 0 radical (unpaired) electrons. The molecule has 2 aromatic carbocycles. The smallest absolute Gasteiger partial charge is 0.257 e. The Morgan fingerprint density at radius 3 is 2.60 bits per heavy atom. The van der Waals surface area contributed by atoms with Crippen LogP contribution in [0, 0.1) is 11.6 Å². The zero-order chi connectivity index (χ0) is 21.1. The summed E-state index contributed by atoms with van der Waals surface area (Å²) in [6.07, 6.45) is 2.13. The molecule has 0 aliphatic carbocycles. The van der Waals surface area contributed by atoms with Gasteiger partial charge in [-0.3, -0.25) is 9.69 Å². The summed E-state index contributed by atoms with van der Waals surface area (Å²) in [6.45, 7) is 4.04. The fraction of sp³-hybridized carbons (Fsp3) is 0.435. The van der Waals surface area contributed by atoms with Crippen molar-refractivity contribution in [3.05, 3.63) is 64.7 Å². The van der Waals surface area contributed by atoms with Gasteiger partial charge in [-0.15, -0.1) is 0 Å². The van der Waals surface area contributed by atoms with Crippen LogP contribution in [0.3, 0.4) is 0 Å². The maximum Gasteiger partial charge on any atom is 0.257 e. The van der Waals surface area contributed by atoms with Crippen molar-refractivity contribution in [1.29, 1.82) is 0 Å². The summed E-state index contributed by atoms with van der Waals surface area (Å²) in [7, 11) is 2.10. The van der Waals surface area contributed by atoms with E-state index < -0.39 is 23.1 Å². The molecule has 2 aliphatic rings. The van der Waals surface area contributed by atoms with E-state index in [4.69, 9.17) is 4.74 Å². The number of nitrogens with zero attached hydrogens (tertiary/aromatic N) is 2. The van der Waals surface area contributed by atoms with E-state index in [1.54, 1.807) is 0 Å². The van der Waals surface area contributed by atoms with Crippen molar-refractivity contribution in [3.8, 4) is 0 Å². The molecule has 30 heavy (non-hydrogen) atoms. The van der Waals surface area contributed by atoms with Gasteiger partial charge in [0.2, 0.25) is 0 Å². The van der Waals surface area contributed by atoms with Crippen LogP contribution in [0.1, 0.15) is 33.9 Å². The number of amides is 1. The minimum atomic E-state index is -0.854. The highest BCUT2D eigenvalue weighted by atomic mass is 19.1. The summed E-state index contributed by atoms with van der Waals surface area (Å²) in [5.74, 6) is -2.44. The summed E-state index contributed by atoms with van der Waals surface area (Å²) in [4.78, 5) is 17.1. The average Bonchev–Trinajstić information content (AvgIpc) is 2.75. The maximum atomic E-state index is 14.0. The van der Waals surface area contributed by atoms with Gasteiger partial charge >= 0.3 is 0 Å². The number of morpholine rings is 1. The lowest BCUT2D eigenvalue weighted by Crippen LogP contribution is -2.44. The molecule has 2 aliphatic heterocycles. The monoisotopic (exact) mass is 415 g/mol. The number of fused-ring (bicyclic) bond motifs is 1. The van der Waals surface area contributed by atoms with Crippen molar-refractivity contribution in [2.75, 3.05) is 51.3 Å². The number of benzene rings is 2. The van der Waals surface area contributed by atoms with Gasteiger partial charge < -0.3 is 15.0 Å². The summed E-state index contributed by atoms with van der Waals surface area (Å²) in [5, 5.41) is 2.75. The van der Waals surface area contributed by atoms with Crippen LogP contribution in [0.5, 0.6) is 0 Å². The largest absolute Gasteiger partial charge is 0.379 e. The van der Waals surface area contributed by atoms with Crippen molar-refractivity contribution < 1.29 is 18.3 Å². The van der Waals surface area contributed by atoms with Crippen molar-refractivity contribution in [2.45, 2.75) is 18.9 Å². The number of rotatable bonds is 5. The van der Waals surface area contributed by atoms with E-state index in [1.165, 1.54) is 17.3 Å². The number of anilines is 1. The molecule has 2 aromatic rings. The third kappa shape index (κ3) is 4.32. The van der Waals surface area contributed by atoms with Crippen molar-refractivity contribution in [2.24, 2.45) is 0 Å². The highest BCUT2D eigenvalue weighted by molar-refractivity contribution is 5.94. The zero-order valence-corrected chi connectivity index (χ0v) is 17.2. The molecule has 0 unspecified atom stereocenters. The first kappa shape index (κ1) is 20.8. The third-order valence-electron chi connectivity index (χ3n) is 5.97. The number of nitrogens with one attached hydrogen (secondary N) is 1. The molecule has 2 heterocycles. The van der Waals surface area contributed by atoms with E-state index >= 15 is 0 Å². The summed E-state index contributed by atoms with van der Waals surface area (Å²) in [6, 6.07) is 9.79. The Kier molecular flexibility index (Phi) is 6.29. The minimum absolute atomic E-state index is 0.0924. The first-order chi connectivity index (χ1) is 14.5. The van der Waals surface area contributed by atoms with Crippen LogP contribution in [-0.2, 0) is 11.2 Å². The first-order valence-corrected chi connectivity index (χ1v) is 10.4. The topological polar surface area (TPSA) is 44.8 Å². The number of ether oxygens (including phenoxy) is 1. The average molecular weight is 415 g/mol. The Balaban J connectivity index is 1.57. The molecular weight excluding hydrogens is 388 g/mol. The van der Waals surface area contributed by atoms with Gasteiger partial charge in [-0.1, -0.05) is 18.2 Å². The van der Waals surface area contributed by atoms with E-state index in [9.17, 15) is 13.6 Å². The Hall–Kier alpha value is -2.51. The van der Waals surface area contributed by atoms with Crippen molar-refractivity contribution in [1.82, 2.24) is 10.2 Å². The van der Waals surface area contributed by atoms with Gasteiger partial charge in [0.25, 0.3) is 5.91 Å². The molecule has 1 N–H and O–H groups in total. The van der Waals surface area contributed by atoms with Crippen LogP contribution < -0.4 is 10.2 Å². The van der Waals surface area contributed by atoms with Gasteiger partial charge in [-0.25, -0.2) is 8.78 Å². The van der Waals surface area contributed by atoms with Crippen LogP contribution >= 0.6 is 0 Å². The molecule has 1 saturated heterocycles. The second-order valence-electron chi connectivity index (χ2n) is 7.88. The van der Waals surface area contributed by atoms with Gasteiger partial charge in [0, 0.05) is 38.9 Å². The van der Waals surface area contributed by atoms with Gasteiger partial charge in [0.05, 0.1) is 19.3 Å². The van der Waals surface area contributed by atoms with Crippen LogP contribution in [0.25, 0.3) is 0 Å².